The summed E-state index contributed by atoms with van der Waals surface area (Å²) in [5.74, 6) is -0.357. The Morgan fingerprint density at radius 3 is 2.56 bits per heavy atom. The van der Waals surface area contributed by atoms with Gasteiger partial charge in [-0.3, -0.25) is 4.79 Å². The van der Waals surface area contributed by atoms with E-state index in [4.69, 9.17) is 0 Å². The molecule has 0 radical (unpaired) electrons. The van der Waals surface area contributed by atoms with Crippen LogP contribution in [0.5, 0.6) is 0 Å². The van der Waals surface area contributed by atoms with E-state index in [0.29, 0.717) is 25.1 Å². The van der Waals surface area contributed by atoms with Crippen LogP contribution in [0.4, 0.5) is 5.69 Å². The van der Waals surface area contributed by atoms with Gasteiger partial charge in [-0.2, -0.15) is 0 Å². The fourth-order valence-electron chi connectivity index (χ4n) is 2.45. The minimum atomic E-state index is -0.375. The molecule has 0 saturated carbocycles. The average molecular weight is 340 g/mol. The van der Waals surface area contributed by atoms with Gasteiger partial charge in [-0.15, -0.1) is 0 Å². The lowest BCUT2D eigenvalue weighted by Gasteiger charge is -2.08. The van der Waals surface area contributed by atoms with Crippen molar-refractivity contribution >= 4 is 17.6 Å². The molecule has 0 aliphatic rings. The molecule has 2 aromatic carbocycles. The number of anilines is 1. The number of esters is 1. The number of rotatable bonds is 9. The molecular weight excluding hydrogens is 316 g/mol. The molecule has 0 atom stereocenters. The highest BCUT2D eigenvalue weighted by Crippen LogP contribution is 2.11. The zero-order valence-electron chi connectivity index (χ0n) is 14.5. The van der Waals surface area contributed by atoms with Gasteiger partial charge in [0, 0.05) is 25.2 Å². The van der Waals surface area contributed by atoms with Gasteiger partial charge in [-0.05, 0) is 36.6 Å². The van der Waals surface area contributed by atoms with E-state index in [1.54, 1.807) is 18.2 Å². The Labute approximate surface area is 148 Å². The molecular formula is C20H24N2O3. The van der Waals surface area contributed by atoms with Crippen molar-refractivity contribution in [2.75, 3.05) is 25.5 Å². The molecule has 0 bridgehead atoms. The quantitative estimate of drug-likeness (QED) is 0.544. The second kappa shape index (κ2) is 10.1. The summed E-state index contributed by atoms with van der Waals surface area (Å²) in [6, 6.07) is 17.3. The number of carbonyl (C=O) groups is 2. The minimum Gasteiger partial charge on any atom is -0.465 e. The molecule has 0 heterocycles. The zero-order chi connectivity index (χ0) is 17.9. The first-order valence-corrected chi connectivity index (χ1v) is 8.42. The van der Waals surface area contributed by atoms with E-state index >= 15 is 0 Å². The molecule has 2 N–H and O–H groups in total. The largest absolute Gasteiger partial charge is 0.465 e. The van der Waals surface area contributed by atoms with Crippen molar-refractivity contribution < 1.29 is 14.3 Å². The van der Waals surface area contributed by atoms with E-state index in [2.05, 4.69) is 27.5 Å². The van der Waals surface area contributed by atoms with Crippen LogP contribution in [-0.4, -0.2) is 32.1 Å². The topological polar surface area (TPSA) is 67.4 Å². The Hall–Kier alpha value is -2.82. The number of methoxy groups -OCH3 is 1. The summed E-state index contributed by atoms with van der Waals surface area (Å²) in [6.45, 7) is 1.18. The number of amides is 1. The molecule has 0 saturated heterocycles. The highest BCUT2D eigenvalue weighted by molar-refractivity contribution is 5.90. The van der Waals surface area contributed by atoms with E-state index in [-0.39, 0.29) is 11.9 Å². The van der Waals surface area contributed by atoms with E-state index in [0.717, 1.165) is 18.5 Å². The van der Waals surface area contributed by atoms with E-state index in [9.17, 15) is 9.59 Å². The maximum atomic E-state index is 11.8. The molecule has 0 fully saturated rings. The van der Waals surface area contributed by atoms with Crippen molar-refractivity contribution in [2.24, 2.45) is 0 Å². The van der Waals surface area contributed by atoms with Crippen molar-refractivity contribution in [1.29, 1.82) is 0 Å². The highest BCUT2D eigenvalue weighted by Gasteiger charge is 2.06. The highest BCUT2D eigenvalue weighted by atomic mass is 16.5. The lowest BCUT2D eigenvalue weighted by Crippen LogP contribution is -2.26. The molecule has 25 heavy (non-hydrogen) atoms. The van der Waals surface area contributed by atoms with Crippen LogP contribution < -0.4 is 10.6 Å². The van der Waals surface area contributed by atoms with Gasteiger partial charge in [-0.1, -0.05) is 36.4 Å². The molecule has 1 amide bonds. The van der Waals surface area contributed by atoms with Crippen LogP contribution in [0.3, 0.4) is 0 Å². The standard InChI is InChI=1S/C20H24N2O3/c1-25-20(24)17-10-5-11-18(15-17)21-14-12-19(23)22-13-6-9-16-7-3-2-4-8-16/h2-5,7-8,10-11,15,21H,6,9,12-14H2,1H3,(H,22,23). The van der Waals surface area contributed by atoms with Gasteiger partial charge >= 0.3 is 5.97 Å². The van der Waals surface area contributed by atoms with Crippen LogP contribution in [0, 0.1) is 0 Å². The lowest BCUT2D eigenvalue weighted by atomic mass is 10.1. The summed E-state index contributed by atoms with van der Waals surface area (Å²) in [7, 11) is 1.35. The SMILES string of the molecule is COC(=O)c1cccc(NCCC(=O)NCCCc2ccccc2)c1. The number of benzene rings is 2. The Bertz CT molecular complexity index is 686. The van der Waals surface area contributed by atoms with Gasteiger partial charge in [0.25, 0.3) is 0 Å². The predicted octanol–water partition coefficient (Wildman–Crippen LogP) is 3.02. The van der Waals surface area contributed by atoms with Crippen LogP contribution >= 0.6 is 0 Å². The van der Waals surface area contributed by atoms with Crippen molar-refractivity contribution in [3.05, 3.63) is 65.7 Å². The Balaban J connectivity index is 1.63. The van der Waals surface area contributed by atoms with Crippen LogP contribution in [0.15, 0.2) is 54.6 Å². The molecule has 0 aliphatic carbocycles. The monoisotopic (exact) mass is 340 g/mol. The van der Waals surface area contributed by atoms with Crippen molar-refractivity contribution in [3.63, 3.8) is 0 Å². The van der Waals surface area contributed by atoms with Crippen molar-refractivity contribution in [2.45, 2.75) is 19.3 Å². The Morgan fingerprint density at radius 2 is 1.80 bits per heavy atom. The van der Waals surface area contributed by atoms with Crippen LogP contribution in [-0.2, 0) is 16.0 Å². The van der Waals surface area contributed by atoms with E-state index in [1.165, 1.54) is 12.7 Å². The molecule has 5 heteroatoms. The summed E-state index contributed by atoms with van der Waals surface area (Å²) in [5, 5.41) is 6.07. The number of aryl methyl sites for hydroxylation is 1. The molecule has 132 valence electrons. The second-order valence-corrected chi connectivity index (χ2v) is 5.69. The van der Waals surface area contributed by atoms with Gasteiger partial charge in [0.15, 0.2) is 0 Å². The molecule has 2 aromatic rings. The fourth-order valence-corrected chi connectivity index (χ4v) is 2.45. The molecule has 5 nitrogen and oxygen atoms in total. The summed E-state index contributed by atoms with van der Waals surface area (Å²) in [5.41, 5.74) is 2.56. The number of nitrogens with one attached hydrogen (secondary N) is 2. The van der Waals surface area contributed by atoms with Crippen molar-refractivity contribution in [1.82, 2.24) is 5.32 Å². The second-order valence-electron chi connectivity index (χ2n) is 5.69. The lowest BCUT2D eigenvalue weighted by molar-refractivity contribution is -0.120. The molecule has 0 spiro atoms. The zero-order valence-corrected chi connectivity index (χ0v) is 14.5. The first-order chi connectivity index (χ1) is 12.2. The number of hydrogen-bond acceptors (Lipinski definition) is 4. The third-order valence-electron chi connectivity index (χ3n) is 3.77. The van der Waals surface area contributed by atoms with Gasteiger partial charge in [-0.25, -0.2) is 4.79 Å². The number of ether oxygens (including phenoxy) is 1. The summed E-state index contributed by atoms with van der Waals surface area (Å²) in [6.07, 6.45) is 2.26. The minimum absolute atomic E-state index is 0.0182. The average Bonchev–Trinajstić information content (AvgIpc) is 2.65. The van der Waals surface area contributed by atoms with Crippen molar-refractivity contribution in [3.8, 4) is 0 Å². The first kappa shape index (κ1) is 18.5. The maximum absolute atomic E-state index is 11.8. The first-order valence-electron chi connectivity index (χ1n) is 8.42. The summed E-state index contributed by atoms with van der Waals surface area (Å²) in [4.78, 5) is 23.3. The van der Waals surface area contributed by atoms with Gasteiger partial charge in [0.1, 0.15) is 0 Å². The van der Waals surface area contributed by atoms with Crippen LogP contribution in [0.2, 0.25) is 0 Å². The Morgan fingerprint density at radius 1 is 1.00 bits per heavy atom. The van der Waals surface area contributed by atoms with Crippen LogP contribution in [0.25, 0.3) is 0 Å². The predicted molar refractivity (Wildman–Crippen MR) is 98.7 cm³/mol. The van der Waals surface area contributed by atoms with Gasteiger partial charge < -0.3 is 15.4 Å². The Kier molecular flexibility index (Phi) is 7.50. The maximum Gasteiger partial charge on any atom is 0.337 e. The third-order valence-corrected chi connectivity index (χ3v) is 3.77. The van der Waals surface area contributed by atoms with Gasteiger partial charge in [0.05, 0.1) is 12.7 Å². The molecule has 0 unspecified atom stereocenters. The molecule has 2 rings (SSSR count). The molecule has 0 aromatic heterocycles. The smallest absolute Gasteiger partial charge is 0.337 e. The summed E-state index contributed by atoms with van der Waals surface area (Å²) < 4.78 is 4.69. The number of hydrogen-bond donors (Lipinski definition) is 2. The van der Waals surface area contributed by atoms with E-state index in [1.807, 2.05) is 24.3 Å². The summed E-state index contributed by atoms with van der Waals surface area (Å²) >= 11 is 0. The van der Waals surface area contributed by atoms with Crippen LogP contribution in [0.1, 0.15) is 28.8 Å². The normalized spacial score (nSPS) is 10.1. The van der Waals surface area contributed by atoms with Gasteiger partial charge in [0.2, 0.25) is 5.91 Å². The van der Waals surface area contributed by atoms with E-state index < -0.39 is 0 Å². The molecule has 0 aliphatic heterocycles. The third kappa shape index (κ3) is 6.67. The number of carbonyl (C=O) groups excluding carboxylic acids is 2. The fraction of sp³-hybridized carbons (Fsp3) is 0.300.